The fourth-order valence-corrected chi connectivity index (χ4v) is 4.24. The van der Waals surface area contributed by atoms with Gasteiger partial charge in [-0.1, -0.05) is 24.6 Å². The number of ether oxygens (including phenoxy) is 1. The number of halogens is 1. The first kappa shape index (κ1) is 20.7. The Morgan fingerprint density at radius 3 is 2.77 bits per heavy atom. The standard InChI is InChI=1S/C21H26ClN5O3/c1-5-30-9-8-25-19(28)17-18(24(4)21(25)29)23-20-26(11-13(2)12-27(17)20)16-10-15(22)7-6-14(16)3/h6-7,10,13H,5,8-9,11-12H2,1-4H3/t13-/m0/s1. The largest absolute Gasteiger partial charge is 0.380 e. The van der Waals surface area contributed by atoms with E-state index in [0.29, 0.717) is 41.9 Å². The monoisotopic (exact) mass is 431 g/mol. The third-order valence-corrected chi connectivity index (χ3v) is 5.80. The van der Waals surface area contributed by atoms with E-state index in [2.05, 4.69) is 11.8 Å². The number of nitrogens with zero attached hydrogens (tertiary/aromatic N) is 5. The van der Waals surface area contributed by atoms with Gasteiger partial charge in [0.05, 0.1) is 13.2 Å². The number of hydrogen-bond donors (Lipinski definition) is 0. The van der Waals surface area contributed by atoms with Crippen molar-refractivity contribution in [1.82, 2.24) is 18.7 Å². The van der Waals surface area contributed by atoms with Gasteiger partial charge >= 0.3 is 5.69 Å². The second-order valence-electron chi connectivity index (χ2n) is 7.84. The van der Waals surface area contributed by atoms with Gasteiger partial charge in [0.1, 0.15) is 0 Å². The topological polar surface area (TPSA) is 74.3 Å². The van der Waals surface area contributed by atoms with E-state index in [0.717, 1.165) is 17.8 Å². The molecule has 9 heteroatoms. The number of anilines is 2. The molecule has 4 rings (SSSR count). The molecule has 30 heavy (non-hydrogen) atoms. The summed E-state index contributed by atoms with van der Waals surface area (Å²) in [7, 11) is 1.65. The van der Waals surface area contributed by atoms with Crippen molar-refractivity contribution < 1.29 is 4.74 Å². The number of imidazole rings is 1. The van der Waals surface area contributed by atoms with Crippen LogP contribution in [0.2, 0.25) is 5.02 Å². The average Bonchev–Trinajstić information content (AvgIpc) is 3.10. The van der Waals surface area contributed by atoms with Crippen LogP contribution in [0, 0.1) is 12.8 Å². The zero-order valence-corrected chi connectivity index (χ0v) is 18.4. The molecule has 0 amide bonds. The molecule has 0 saturated heterocycles. The summed E-state index contributed by atoms with van der Waals surface area (Å²) < 4.78 is 9.98. The van der Waals surface area contributed by atoms with Gasteiger partial charge in [-0.3, -0.25) is 13.9 Å². The van der Waals surface area contributed by atoms with Crippen molar-refractivity contribution in [3.8, 4) is 0 Å². The van der Waals surface area contributed by atoms with E-state index in [9.17, 15) is 9.59 Å². The number of aryl methyl sites for hydroxylation is 2. The summed E-state index contributed by atoms with van der Waals surface area (Å²) >= 11 is 6.27. The number of aromatic nitrogens is 4. The van der Waals surface area contributed by atoms with Crippen LogP contribution in [-0.2, 0) is 24.9 Å². The molecule has 0 radical (unpaired) electrons. The predicted molar refractivity (Wildman–Crippen MR) is 118 cm³/mol. The summed E-state index contributed by atoms with van der Waals surface area (Å²) in [6.07, 6.45) is 0. The second-order valence-corrected chi connectivity index (χ2v) is 8.27. The maximum atomic E-state index is 13.3. The minimum Gasteiger partial charge on any atom is -0.380 e. The lowest BCUT2D eigenvalue weighted by Crippen LogP contribution is -2.41. The number of hydrogen-bond acceptors (Lipinski definition) is 5. The minimum atomic E-state index is -0.388. The lowest BCUT2D eigenvalue weighted by atomic mass is 10.1. The molecule has 0 spiro atoms. The Kier molecular flexibility index (Phi) is 5.46. The van der Waals surface area contributed by atoms with E-state index in [-0.39, 0.29) is 23.7 Å². The molecule has 0 bridgehead atoms. The molecule has 0 unspecified atom stereocenters. The predicted octanol–water partition coefficient (Wildman–Crippen LogP) is 2.68. The van der Waals surface area contributed by atoms with Gasteiger partial charge in [0.2, 0.25) is 5.95 Å². The van der Waals surface area contributed by atoms with Crippen molar-refractivity contribution in [1.29, 1.82) is 0 Å². The lowest BCUT2D eigenvalue weighted by Gasteiger charge is -2.33. The summed E-state index contributed by atoms with van der Waals surface area (Å²) in [6, 6.07) is 5.75. The SMILES string of the molecule is CCOCCn1c(=O)c2c(nc3n2C[C@@H](C)CN3c2cc(Cl)ccc2C)n(C)c1=O. The van der Waals surface area contributed by atoms with E-state index in [4.69, 9.17) is 21.3 Å². The van der Waals surface area contributed by atoms with Crippen LogP contribution in [-0.4, -0.2) is 38.4 Å². The summed E-state index contributed by atoms with van der Waals surface area (Å²) in [5.74, 6) is 0.935. The first-order valence-corrected chi connectivity index (χ1v) is 10.5. The van der Waals surface area contributed by atoms with Crippen molar-refractivity contribution in [2.24, 2.45) is 13.0 Å². The van der Waals surface area contributed by atoms with Gasteiger partial charge in [0.25, 0.3) is 5.56 Å². The molecule has 1 aliphatic rings. The number of rotatable bonds is 5. The van der Waals surface area contributed by atoms with Gasteiger partial charge in [-0.2, -0.15) is 4.98 Å². The molecule has 8 nitrogen and oxygen atoms in total. The van der Waals surface area contributed by atoms with E-state index >= 15 is 0 Å². The molecule has 3 heterocycles. The van der Waals surface area contributed by atoms with Gasteiger partial charge in [-0.05, 0) is 37.5 Å². The van der Waals surface area contributed by atoms with Crippen LogP contribution in [0.25, 0.3) is 11.2 Å². The molecule has 1 aliphatic heterocycles. The van der Waals surface area contributed by atoms with Crippen molar-refractivity contribution >= 4 is 34.4 Å². The van der Waals surface area contributed by atoms with Crippen molar-refractivity contribution in [2.75, 3.05) is 24.7 Å². The maximum Gasteiger partial charge on any atom is 0.332 e. The third-order valence-electron chi connectivity index (χ3n) is 5.57. The molecule has 0 saturated carbocycles. The molecular formula is C21H26ClN5O3. The van der Waals surface area contributed by atoms with Gasteiger partial charge in [0.15, 0.2) is 11.2 Å². The van der Waals surface area contributed by atoms with Crippen LogP contribution in [0.15, 0.2) is 27.8 Å². The molecule has 1 atom stereocenters. The Hall–Kier alpha value is -2.58. The van der Waals surface area contributed by atoms with E-state index in [1.807, 2.05) is 36.6 Å². The fraction of sp³-hybridized carbons (Fsp3) is 0.476. The summed E-state index contributed by atoms with van der Waals surface area (Å²) in [6.45, 7) is 8.49. The average molecular weight is 432 g/mol. The highest BCUT2D eigenvalue weighted by molar-refractivity contribution is 6.30. The molecule has 2 aromatic heterocycles. The summed E-state index contributed by atoms with van der Waals surface area (Å²) in [4.78, 5) is 32.9. The summed E-state index contributed by atoms with van der Waals surface area (Å²) in [5, 5.41) is 0.641. The summed E-state index contributed by atoms with van der Waals surface area (Å²) in [5.41, 5.74) is 2.14. The molecule has 0 fully saturated rings. The Morgan fingerprint density at radius 1 is 1.27 bits per heavy atom. The quantitative estimate of drug-likeness (QED) is 0.580. The van der Waals surface area contributed by atoms with Crippen molar-refractivity contribution in [3.63, 3.8) is 0 Å². The second kappa shape index (κ2) is 7.92. The first-order valence-electron chi connectivity index (χ1n) is 10.1. The highest BCUT2D eigenvalue weighted by atomic mass is 35.5. The fourth-order valence-electron chi connectivity index (χ4n) is 4.08. The van der Waals surface area contributed by atoms with Crippen LogP contribution >= 0.6 is 11.6 Å². The Bertz CT molecular complexity index is 1230. The van der Waals surface area contributed by atoms with Crippen LogP contribution in [0.4, 0.5) is 11.6 Å². The normalized spacial score (nSPS) is 16.3. The molecule has 1 aromatic carbocycles. The van der Waals surface area contributed by atoms with Crippen LogP contribution in [0.1, 0.15) is 19.4 Å². The highest BCUT2D eigenvalue weighted by Crippen LogP contribution is 2.35. The molecule has 0 N–H and O–H groups in total. The maximum absolute atomic E-state index is 13.3. The van der Waals surface area contributed by atoms with Gasteiger partial charge < -0.3 is 14.2 Å². The number of fused-ring (bicyclic) bond motifs is 3. The van der Waals surface area contributed by atoms with Crippen molar-refractivity contribution in [2.45, 2.75) is 33.9 Å². The van der Waals surface area contributed by atoms with Gasteiger partial charge in [-0.25, -0.2) is 4.79 Å². The van der Waals surface area contributed by atoms with Crippen molar-refractivity contribution in [3.05, 3.63) is 49.6 Å². The Morgan fingerprint density at radius 2 is 2.03 bits per heavy atom. The molecule has 160 valence electrons. The lowest BCUT2D eigenvalue weighted by molar-refractivity contribution is 0.137. The Balaban J connectivity index is 1.95. The molecule has 0 aliphatic carbocycles. The van der Waals surface area contributed by atoms with Gasteiger partial charge in [0, 0.05) is 37.5 Å². The van der Waals surface area contributed by atoms with E-state index in [1.165, 1.54) is 9.13 Å². The third kappa shape index (κ3) is 3.33. The molecule has 3 aromatic rings. The van der Waals surface area contributed by atoms with E-state index < -0.39 is 0 Å². The van der Waals surface area contributed by atoms with Crippen LogP contribution in [0.3, 0.4) is 0 Å². The molecular weight excluding hydrogens is 406 g/mol. The van der Waals surface area contributed by atoms with Crippen LogP contribution in [0.5, 0.6) is 0 Å². The van der Waals surface area contributed by atoms with Crippen LogP contribution < -0.4 is 16.1 Å². The zero-order chi connectivity index (χ0) is 21.6. The Labute approximate surface area is 179 Å². The highest BCUT2D eigenvalue weighted by Gasteiger charge is 2.30. The van der Waals surface area contributed by atoms with E-state index in [1.54, 1.807) is 7.05 Å². The smallest absolute Gasteiger partial charge is 0.332 e. The number of benzene rings is 1. The first-order chi connectivity index (χ1) is 14.3. The van der Waals surface area contributed by atoms with Gasteiger partial charge in [-0.15, -0.1) is 0 Å². The zero-order valence-electron chi connectivity index (χ0n) is 17.7. The minimum absolute atomic E-state index is 0.211.